The molecule has 0 saturated carbocycles. The third-order valence-electron chi connectivity index (χ3n) is 6.56. The van der Waals surface area contributed by atoms with Crippen LogP contribution in [0, 0.1) is 17.3 Å². The fourth-order valence-electron chi connectivity index (χ4n) is 4.87. The van der Waals surface area contributed by atoms with Gasteiger partial charge in [-0.2, -0.15) is 0 Å². The van der Waals surface area contributed by atoms with Crippen molar-refractivity contribution in [1.29, 1.82) is 0 Å². The Balaban J connectivity index is 1.41. The largest absolute Gasteiger partial charge is 0.396 e. The van der Waals surface area contributed by atoms with Gasteiger partial charge in [0.1, 0.15) is 12.1 Å². The summed E-state index contributed by atoms with van der Waals surface area (Å²) in [6, 6.07) is 1.93. The van der Waals surface area contributed by atoms with Crippen molar-refractivity contribution in [3.8, 4) is 0 Å². The summed E-state index contributed by atoms with van der Waals surface area (Å²) >= 11 is 0. The number of ether oxygens (including phenoxy) is 1. The molecule has 7 nitrogen and oxygen atoms in total. The molecule has 0 bridgehead atoms. The summed E-state index contributed by atoms with van der Waals surface area (Å²) in [5.41, 5.74) is 0.0756. The Morgan fingerprint density at radius 1 is 1.31 bits per heavy atom. The van der Waals surface area contributed by atoms with Crippen LogP contribution in [0.1, 0.15) is 25.7 Å². The first kappa shape index (κ1) is 17.7. The lowest BCUT2D eigenvalue weighted by molar-refractivity contribution is -0.141. The Hall–Kier alpha value is -1.73. The smallest absolute Gasteiger partial charge is 0.225 e. The first-order valence-electron chi connectivity index (χ1n) is 9.70. The maximum absolute atomic E-state index is 12.8. The number of aromatic nitrogens is 2. The number of aliphatic hydroxyl groups is 1. The zero-order valence-electron chi connectivity index (χ0n) is 15.2. The molecule has 3 saturated heterocycles. The standard InChI is InChI=1S/C19H28N4O3/c24-12-16-11-23(17-1-6-20-14-21-17)13-19(16)4-7-22(8-5-19)18(25)15-2-9-26-10-3-15/h1,6,14-16,24H,2-5,7-13H2. The lowest BCUT2D eigenvalue weighted by Crippen LogP contribution is -2.49. The molecule has 1 aromatic rings. The molecule has 4 rings (SSSR count). The van der Waals surface area contributed by atoms with Crippen LogP contribution in [0.25, 0.3) is 0 Å². The third kappa shape index (κ3) is 3.30. The van der Waals surface area contributed by atoms with Crippen LogP contribution in [0.2, 0.25) is 0 Å². The fraction of sp³-hybridized carbons (Fsp3) is 0.737. The van der Waals surface area contributed by atoms with Gasteiger partial charge in [0.2, 0.25) is 5.91 Å². The molecule has 1 unspecified atom stereocenters. The fourth-order valence-corrected chi connectivity index (χ4v) is 4.87. The minimum absolute atomic E-state index is 0.0756. The molecule has 1 aromatic heterocycles. The molecular weight excluding hydrogens is 332 g/mol. The van der Waals surface area contributed by atoms with Crippen LogP contribution in [-0.2, 0) is 9.53 Å². The van der Waals surface area contributed by atoms with Crippen LogP contribution in [0.5, 0.6) is 0 Å². The van der Waals surface area contributed by atoms with Crippen LogP contribution >= 0.6 is 0 Å². The van der Waals surface area contributed by atoms with Gasteiger partial charge in [-0.25, -0.2) is 9.97 Å². The Kier molecular flexibility index (Phi) is 5.09. The highest BCUT2D eigenvalue weighted by Crippen LogP contribution is 2.45. The van der Waals surface area contributed by atoms with Crippen molar-refractivity contribution in [3.05, 3.63) is 18.6 Å². The highest BCUT2D eigenvalue weighted by Gasteiger charge is 2.48. The van der Waals surface area contributed by atoms with Gasteiger partial charge in [0.05, 0.1) is 0 Å². The monoisotopic (exact) mass is 360 g/mol. The second kappa shape index (κ2) is 7.48. The first-order valence-corrected chi connectivity index (χ1v) is 9.70. The van der Waals surface area contributed by atoms with E-state index in [1.54, 1.807) is 12.5 Å². The van der Waals surface area contributed by atoms with Crippen molar-refractivity contribution < 1.29 is 14.6 Å². The second-order valence-electron chi connectivity index (χ2n) is 7.90. The van der Waals surface area contributed by atoms with Crippen LogP contribution in [-0.4, -0.2) is 71.9 Å². The highest BCUT2D eigenvalue weighted by molar-refractivity contribution is 5.79. The van der Waals surface area contributed by atoms with Crippen molar-refractivity contribution in [3.63, 3.8) is 0 Å². The Morgan fingerprint density at radius 3 is 2.73 bits per heavy atom. The van der Waals surface area contributed by atoms with Crippen LogP contribution in [0.3, 0.4) is 0 Å². The molecule has 1 N–H and O–H groups in total. The Bertz CT molecular complexity index is 612. The van der Waals surface area contributed by atoms with E-state index < -0.39 is 0 Å². The van der Waals surface area contributed by atoms with Gasteiger partial charge in [0.15, 0.2) is 0 Å². The molecule has 26 heavy (non-hydrogen) atoms. The van der Waals surface area contributed by atoms with Gasteiger partial charge in [-0.15, -0.1) is 0 Å². The van der Waals surface area contributed by atoms with Gasteiger partial charge < -0.3 is 19.6 Å². The van der Waals surface area contributed by atoms with E-state index in [2.05, 4.69) is 14.9 Å². The number of amides is 1. The minimum atomic E-state index is 0.0756. The van der Waals surface area contributed by atoms with Gasteiger partial charge in [-0.05, 0) is 37.2 Å². The normalized spacial score (nSPS) is 26.4. The second-order valence-corrected chi connectivity index (χ2v) is 7.90. The number of aliphatic hydroxyl groups excluding tert-OH is 1. The molecule has 1 amide bonds. The molecule has 0 aliphatic carbocycles. The van der Waals surface area contributed by atoms with Crippen molar-refractivity contribution in [2.75, 3.05) is 50.9 Å². The number of hydrogen-bond donors (Lipinski definition) is 1. The van der Waals surface area contributed by atoms with E-state index in [9.17, 15) is 9.90 Å². The quantitative estimate of drug-likeness (QED) is 0.864. The number of likely N-dealkylation sites (tertiary alicyclic amines) is 1. The van der Waals surface area contributed by atoms with E-state index in [0.29, 0.717) is 19.1 Å². The number of carbonyl (C=O) groups excluding carboxylic acids is 1. The molecule has 7 heteroatoms. The minimum Gasteiger partial charge on any atom is -0.396 e. The molecule has 4 heterocycles. The summed E-state index contributed by atoms with van der Waals surface area (Å²) in [4.78, 5) is 25.5. The lowest BCUT2D eigenvalue weighted by Gasteiger charge is -2.43. The van der Waals surface area contributed by atoms with Crippen molar-refractivity contribution in [2.24, 2.45) is 17.3 Å². The predicted molar refractivity (Wildman–Crippen MR) is 96.6 cm³/mol. The first-order chi connectivity index (χ1) is 12.7. The molecule has 0 aromatic carbocycles. The van der Waals surface area contributed by atoms with E-state index in [1.165, 1.54) is 0 Å². The highest BCUT2D eigenvalue weighted by atomic mass is 16.5. The maximum atomic E-state index is 12.8. The third-order valence-corrected chi connectivity index (χ3v) is 6.56. The van der Waals surface area contributed by atoms with Crippen LogP contribution < -0.4 is 4.90 Å². The van der Waals surface area contributed by atoms with Crippen LogP contribution in [0.4, 0.5) is 5.82 Å². The molecule has 3 fully saturated rings. The van der Waals surface area contributed by atoms with E-state index in [4.69, 9.17) is 4.74 Å². The van der Waals surface area contributed by atoms with Crippen molar-refractivity contribution >= 4 is 11.7 Å². The average Bonchev–Trinajstić information content (AvgIpc) is 3.07. The molecule has 0 radical (unpaired) electrons. The van der Waals surface area contributed by atoms with Gasteiger partial charge in [0.25, 0.3) is 0 Å². The summed E-state index contributed by atoms with van der Waals surface area (Å²) < 4.78 is 5.38. The molecular formula is C19H28N4O3. The molecule has 1 atom stereocenters. The SMILES string of the molecule is O=C(C1CCOCC1)N1CCC2(CC1)CN(c1ccncn1)CC2CO. The maximum Gasteiger partial charge on any atom is 0.225 e. The lowest BCUT2D eigenvalue weighted by atomic mass is 9.71. The molecule has 3 aliphatic rings. The van der Waals surface area contributed by atoms with Gasteiger partial charge in [-0.3, -0.25) is 4.79 Å². The Morgan fingerprint density at radius 2 is 2.08 bits per heavy atom. The Labute approximate surface area is 154 Å². The van der Waals surface area contributed by atoms with Gasteiger partial charge in [-0.1, -0.05) is 0 Å². The van der Waals surface area contributed by atoms with Crippen molar-refractivity contribution in [1.82, 2.24) is 14.9 Å². The summed E-state index contributed by atoms with van der Waals surface area (Å²) in [7, 11) is 0. The van der Waals surface area contributed by atoms with Gasteiger partial charge in [0, 0.05) is 64.0 Å². The summed E-state index contributed by atoms with van der Waals surface area (Å²) in [6.45, 7) is 4.91. The van der Waals surface area contributed by atoms with E-state index in [-0.39, 0.29) is 23.9 Å². The molecule has 142 valence electrons. The molecule has 3 aliphatic heterocycles. The number of hydrogen-bond acceptors (Lipinski definition) is 6. The summed E-state index contributed by atoms with van der Waals surface area (Å²) in [6.07, 6.45) is 6.94. The number of piperidine rings is 1. The van der Waals surface area contributed by atoms with E-state index >= 15 is 0 Å². The van der Waals surface area contributed by atoms with E-state index in [1.807, 2.05) is 11.0 Å². The van der Waals surface area contributed by atoms with E-state index in [0.717, 1.165) is 57.7 Å². The number of anilines is 1. The average molecular weight is 360 g/mol. The topological polar surface area (TPSA) is 78.8 Å². The zero-order chi connectivity index (χ0) is 18.0. The summed E-state index contributed by atoms with van der Waals surface area (Å²) in [5, 5.41) is 9.97. The van der Waals surface area contributed by atoms with Crippen molar-refractivity contribution in [2.45, 2.75) is 25.7 Å². The number of carbonyl (C=O) groups is 1. The predicted octanol–water partition coefficient (Wildman–Crippen LogP) is 0.940. The number of nitrogens with zero attached hydrogens (tertiary/aromatic N) is 4. The van der Waals surface area contributed by atoms with Crippen LogP contribution in [0.15, 0.2) is 18.6 Å². The van der Waals surface area contributed by atoms with Gasteiger partial charge >= 0.3 is 0 Å². The zero-order valence-corrected chi connectivity index (χ0v) is 15.2. The summed E-state index contributed by atoms with van der Waals surface area (Å²) in [5.74, 6) is 1.59. The molecule has 1 spiro atoms. The number of rotatable bonds is 3.